The van der Waals surface area contributed by atoms with Gasteiger partial charge in [-0.2, -0.15) is 0 Å². The number of nitrogens with two attached hydrogens (primary N) is 1. The van der Waals surface area contributed by atoms with Crippen LogP contribution in [0, 0.1) is 5.92 Å². The number of aromatic nitrogens is 1. The Morgan fingerprint density at radius 2 is 1.93 bits per heavy atom. The Morgan fingerprint density at radius 1 is 1.04 bits per heavy atom. The molecule has 1 unspecified atom stereocenters. The van der Waals surface area contributed by atoms with Crippen LogP contribution in [-0.2, 0) is 12.8 Å². The molecule has 0 saturated heterocycles. The van der Waals surface area contributed by atoms with E-state index in [1.165, 1.54) is 16.8 Å². The highest BCUT2D eigenvalue weighted by Gasteiger charge is 2.28. The lowest BCUT2D eigenvalue weighted by Crippen LogP contribution is -2.28. The molecule has 0 amide bonds. The molecule has 5 heteroatoms. The number of aliphatic imine (C=N–C) groups is 1. The third-order valence-electron chi connectivity index (χ3n) is 5.48. The first-order chi connectivity index (χ1) is 13.7. The molecule has 3 heterocycles. The van der Waals surface area contributed by atoms with Crippen molar-refractivity contribution in [3.63, 3.8) is 0 Å². The van der Waals surface area contributed by atoms with Gasteiger partial charge in [0.05, 0.1) is 19.4 Å². The Balaban J connectivity index is 1.41. The summed E-state index contributed by atoms with van der Waals surface area (Å²) < 4.78 is 11.4. The van der Waals surface area contributed by atoms with E-state index in [2.05, 4.69) is 29.2 Å². The Labute approximate surface area is 163 Å². The van der Waals surface area contributed by atoms with Crippen molar-refractivity contribution in [3.8, 4) is 22.6 Å². The van der Waals surface area contributed by atoms with Crippen molar-refractivity contribution >= 4 is 17.2 Å². The average Bonchev–Trinajstić information content (AvgIpc) is 3.16. The second-order valence-electron chi connectivity index (χ2n) is 7.28. The minimum atomic E-state index is 0.284. The fourth-order valence-corrected chi connectivity index (χ4v) is 3.96. The third-order valence-corrected chi connectivity index (χ3v) is 5.48. The van der Waals surface area contributed by atoms with Crippen molar-refractivity contribution in [1.29, 1.82) is 0 Å². The van der Waals surface area contributed by atoms with Crippen LogP contribution in [0.2, 0.25) is 0 Å². The highest BCUT2D eigenvalue weighted by Crippen LogP contribution is 2.37. The van der Waals surface area contributed by atoms with Gasteiger partial charge in [-0.1, -0.05) is 12.1 Å². The molecule has 2 N–H and O–H groups in total. The van der Waals surface area contributed by atoms with Crippen molar-refractivity contribution in [2.24, 2.45) is 10.9 Å². The van der Waals surface area contributed by atoms with E-state index < -0.39 is 0 Å². The van der Waals surface area contributed by atoms with Crippen molar-refractivity contribution in [2.75, 3.05) is 19.5 Å². The van der Waals surface area contributed by atoms with E-state index in [4.69, 9.17) is 20.2 Å². The molecule has 0 radical (unpaired) electrons. The van der Waals surface area contributed by atoms with Crippen LogP contribution in [0.3, 0.4) is 0 Å². The van der Waals surface area contributed by atoms with Crippen LogP contribution < -0.4 is 15.2 Å². The van der Waals surface area contributed by atoms with E-state index in [9.17, 15) is 0 Å². The number of ether oxygens (including phenoxy) is 2. The molecule has 0 bridgehead atoms. The van der Waals surface area contributed by atoms with Crippen LogP contribution in [0.1, 0.15) is 11.1 Å². The minimum absolute atomic E-state index is 0.284. The predicted molar refractivity (Wildman–Crippen MR) is 111 cm³/mol. The third kappa shape index (κ3) is 2.99. The first-order valence-corrected chi connectivity index (χ1v) is 9.41. The average molecular weight is 371 g/mol. The largest absolute Gasteiger partial charge is 0.497 e. The number of nitrogens with zero attached hydrogens (tertiary/aromatic N) is 2. The van der Waals surface area contributed by atoms with Gasteiger partial charge >= 0.3 is 0 Å². The summed E-state index contributed by atoms with van der Waals surface area (Å²) in [6, 6.07) is 16.3. The molecular formula is C23H21N3O2. The fraction of sp³-hybridized carbons (Fsp3) is 0.217. The number of methoxy groups -OCH3 is 1. The van der Waals surface area contributed by atoms with Gasteiger partial charge in [0.1, 0.15) is 17.3 Å². The lowest BCUT2D eigenvalue weighted by molar-refractivity contribution is 0.257. The summed E-state index contributed by atoms with van der Waals surface area (Å²) in [6.45, 7) is 0.667. The van der Waals surface area contributed by atoms with E-state index in [-0.39, 0.29) is 5.92 Å². The molecule has 1 aromatic heterocycles. The smallest absolute Gasteiger partial charge is 0.123 e. The maximum atomic E-state index is 6.00. The Hall–Kier alpha value is -3.34. The molecule has 5 rings (SSSR count). The molecule has 1 atom stereocenters. The van der Waals surface area contributed by atoms with Crippen molar-refractivity contribution < 1.29 is 9.47 Å². The zero-order valence-corrected chi connectivity index (χ0v) is 15.7. The number of anilines is 1. The molecule has 2 aliphatic rings. The van der Waals surface area contributed by atoms with Crippen LogP contribution in [0.25, 0.3) is 11.1 Å². The Morgan fingerprint density at radius 3 is 2.79 bits per heavy atom. The molecule has 0 fully saturated rings. The summed E-state index contributed by atoms with van der Waals surface area (Å²) in [5.74, 6) is 2.62. The highest BCUT2D eigenvalue weighted by molar-refractivity contribution is 5.96. The molecular weight excluding hydrogens is 350 g/mol. The monoisotopic (exact) mass is 371 g/mol. The first-order valence-electron chi connectivity index (χ1n) is 9.41. The quantitative estimate of drug-likeness (QED) is 0.748. The van der Waals surface area contributed by atoms with E-state index in [1.807, 2.05) is 24.3 Å². The van der Waals surface area contributed by atoms with Gasteiger partial charge in [-0.05, 0) is 65.1 Å². The van der Waals surface area contributed by atoms with Crippen molar-refractivity contribution in [1.82, 2.24) is 4.98 Å². The van der Waals surface area contributed by atoms with Gasteiger partial charge in [0.15, 0.2) is 0 Å². The number of pyridine rings is 1. The summed E-state index contributed by atoms with van der Waals surface area (Å²) in [6.07, 6.45) is 3.53. The van der Waals surface area contributed by atoms with Gasteiger partial charge in [-0.25, -0.2) is 4.98 Å². The molecule has 0 saturated carbocycles. The summed E-state index contributed by atoms with van der Waals surface area (Å²) >= 11 is 0. The van der Waals surface area contributed by atoms with Gasteiger partial charge < -0.3 is 15.2 Å². The van der Waals surface area contributed by atoms with E-state index in [0.717, 1.165) is 41.2 Å². The van der Waals surface area contributed by atoms with Crippen molar-refractivity contribution in [3.05, 3.63) is 65.9 Å². The van der Waals surface area contributed by atoms with Crippen LogP contribution >= 0.6 is 0 Å². The lowest BCUT2D eigenvalue weighted by Gasteiger charge is -2.25. The number of hydrogen-bond acceptors (Lipinski definition) is 5. The molecule has 28 heavy (non-hydrogen) atoms. The Kier molecular flexibility index (Phi) is 4.01. The molecule has 5 nitrogen and oxygen atoms in total. The predicted octanol–water partition coefficient (Wildman–Crippen LogP) is 4.22. The SMILES string of the molecule is COc1ccc2c(c1)CC(C1=Nc3cc(-c4ccnc(N)c4)ccc3C1)CO2. The van der Waals surface area contributed by atoms with Gasteiger partial charge in [-0.15, -0.1) is 0 Å². The summed E-state index contributed by atoms with van der Waals surface area (Å²) in [7, 11) is 1.69. The number of rotatable bonds is 3. The standard InChI is InChI=1S/C23H21N3O2/c1-27-19-4-5-22-17(9-19)8-18(13-28-22)21-11-16-3-2-14(10-20(16)26-21)15-6-7-25-23(24)12-15/h2-7,9-10,12,18H,8,11,13H2,1H3,(H2,24,25). The number of fused-ring (bicyclic) bond motifs is 2. The van der Waals surface area contributed by atoms with Gasteiger partial charge in [0, 0.05) is 24.2 Å². The fourth-order valence-electron chi connectivity index (χ4n) is 3.96. The van der Waals surface area contributed by atoms with E-state index in [1.54, 1.807) is 13.3 Å². The summed E-state index contributed by atoms with van der Waals surface area (Å²) in [4.78, 5) is 9.03. The number of benzene rings is 2. The maximum absolute atomic E-state index is 6.00. The Bertz CT molecular complexity index is 1090. The highest BCUT2D eigenvalue weighted by atomic mass is 16.5. The van der Waals surface area contributed by atoms with Crippen LogP contribution in [0.5, 0.6) is 11.5 Å². The second kappa shape index (κ2) is 6.68. The normalized spacial score (nSPS) is 17.3. The van der Waals surface area contributed by atoms with Gasteiger partial charge in [0.2, 0.25) is 0 Å². The first kappa shape index (κ1) is 16.8. The zero-order valence-electron chi connectivity index (χ0n) is 15.7. The number of hydrogen-bond donors (Lipinski definition) is 1. The molecule has 2 aliphatic heterocycles. The molecule has 0 spiro atoms. The summed E-state index contributed by atoms with van der Waals surface area (Å²) in [5.41, 5.74) is 12.7. The van der Waals surface area contributed by atoms with Crippen LogP contribution in [0.4, 0.5) is 11.5 Å². The lowest BCUT2D eigenvalue weighted by atomic mass is 9.90. The molecule has 0 aliphatic carbocycles. The van der Waals surface area contributed by atoms with E-state index in [0.29, 0.717) is 12.4 Å². The molecule has 2 aromatic carbocycles. The molecule has 3 aromatic rings. The van der Waals surface area contributed by atoms with Gasteiger partial charge in [-0.3, -0.25) is 4.99 Å². The van der Waals surface area contributed by atoms with E-state index >= 15 is 0 Å². The zero-order chi connectivity index (χ0) is 19.1. The topological polar surface area (TPSA) is 69.7 Å². The second-order valence-corrected chi connectivity index (χ2v) is 7.28. The van der Waals surface area contributed by atoms with Crippen LogP contribution in [-0.4, -0.2) is 24.4 Å². The minimum Gasteiger partial charge on any atom is -0.497 e. The maximum Gasteiger partial charge on any atom is 0.123 e. The van der Waals surface area contributed by atoms with Gasteiger partial charge in [0.25, 0.3) is 0 Å². The number of nitrogen functional groups attached to an aromatic ring is 1. The van der Waals surface area contributed by atoms with Crippen LogP contribution in [0.15, 0.2) is 59.7 Å². The van der Waals surface area contributed by atoms with Crippen molar-refractivity contribution in [2.45, 2.75) is 12.8 Å². The summed E-state index contributed by atoms with van der Waals surface area (Å²) in [5, 5.41) is 0. The molecule has 140 valence electrons.